The number of rotatable bonds is 8. The van der Waals surface area contributed by atoms with Gasteiger partial charge < -0.3 is 24.0 Å². The van der Waals surface area contributed by atoms with Crippen LogP contribution in [0.25, 0.3) is 10.9 Å². The first-order valence-corrected chi connectivity index (χ1v) is 15.9. The Kier molecular flexibility index (Phi) is 8.42. The van der Waals surface area contributed by atoms with Gasteiger partial charge in [0.15, 0.2) is 0 Å². The van der Waals surface area contributed by atoms with Crippen LogP contribution in [0.3, 0.4) is 0 Å². The minimum Gasteiger partial charge on any atom is -0.466 e. The number of para-hydroxylation sites is 1. The Balaban J connectivity index is 1.41. The van der Waals surface area contributed by atoms with Crippen LogP contribution in [0.2, 0.25) is 0 Å². The number of β-amino-alcohol motifs (C(OH)–C–C–N with tert-alkyl or cyclic N) is 1. The minimum atomic E-state index is -0.594. The number of aliphatic hydroxyl groups is 1. The van der Waals surface area contributed by atoms with E-state index < -0.39 is 12.0 Å². The number of nitrogens with zero attached hydrogens (tertiary/aromatic N) is 2. The third-order valence-electron chi connectivity index (χ3n) is 10.4. The van der Waals surface area contributed by atoms with E-state index >= 15 is 0 Å². The van der Waals surface area contributed by atoms with Gasteiger partial charge in [-0.3, -0.25) is 0 Å². The molecule has 3 heterocycles. The lowest BCUT2D eigenvalue weighted by atomic mass is 9.64. The molecule has 0 spiro atoms. The van der Waals surface area contributed by atoms with Gasteiger partial charge in [0.25, 0.3) is 0 Å². The maximum Gasteiger partial charge on any atom is 0.330 e. The fourth-order valence-electron chi connectivity index (χ4n) is 8.02. The van der Waals surface area contributed by atoms with Gasteiger partial charge >= 0.3 is 11.9 Å². The van der Waals surface area contributed by atoms with Gasteiger partial charge in [0.2, 0.25) is 0 Å². The minimum absolute atomic E-state index is 0.00415. The van der Waals surface area contributed by atoms with E-state index in [1.165, 1.54) is 18.7 Å². The first-order valence-electron chi connectivity index (χ1n) is 15.9. The van der Waals surface area contributed by atoms with Crippen molar-refractivity contribution in [3.8, 4) is 0 Å². The van der Waals surface area contributed by atoms with Crippen molar-refractivity contribution in [2.24, 2.45) is 17.8 Å². The monoisotopic (exact) mass is 596 g/mol. The van der Waals surface area contributed by atoms with Gasteiger partial charge in [-0.1, -0.05) is 75.7 Å². The Bertz CT molecular complexity index is 1570. The van der Waals surface area contributed by atoms with Gasteiger partial charge in [0.1, 0.15) is 12.1 Å². The lowest BCUT2D eigenvalue weighted by molar-refractivity contribution is -0.163. The molecule has 1 fully saturated rings. The van der Waals surface area contributed by atoms with E-state index in [-0.39, 0.29) is 42.0 Å². The lowest BCUT2D eigenvalue weighted by Crippen LogP contribution is -2.47. The molecule has 1 aliphatic carbocycles. The molecule has 1 N–H and O–H groups in total. The number of allylic oxidation sites excluding steroid dienone is 2. The highest BCUT2D eigenvalue weighted by molar-refractivity contribution is 5.86. The van der Waals surface area contributed by atoms with E-state index in [1.807, 2.05) is 24.4 Å². The maximum atomic E-state index is 14.7. The van der Waals surface area contributed by atoms with Gasteiger partial charge in [-0.05, 0) is 65.3 Å². The molecule has 2 aliphatic heterocycles. The standard InChI is InChI=1S/C37H44N2O5/c1-24-14-16-29(37(2,3)27-11-6-5-7-12-27)33(20-24)44-36(42)35-28-22-31(32-21-25-10-8-9-13-30(25)39(32)35)38(18-19-40)23-26(28)15-17-34(41)43-4/h5-13,15,17,21,23-24,28-29,31,33,35,40H,14,16,18-20,22H2,1-4H3/b17-15+/t24-,28-,29-,31-,33-,35+/m1/s1. The summed E-state index contributed by atoms with van der Waals surface area (Å²) in [6.45, 7) is 7.25. The third kappa shape index (κ3) is 5.47. The van der Waals surface area contributed by atoms with E-state index in [9.17, 15) is 14.7 Å². The molecular weight excluding hydrogens is 552 g/mol. The Hall–Kier alpha value is -3.84. The van der Waals surface area contributed by atoms with Crippen LogP contribution >= 0.6 is 0 Å². The van der Waals surface area contributed by atoms with Crippen molar-refractivity contribution >= 4 is 22.8 Å². The van der Waals surface area contributed by atoms with Gasteiger partial charge in [-0.15, -0.1) is 0 Å². The second kappa shape index (κ2) is 12.3. The molecule has 7 heteroatoms. The molecule has 44 heavy (non-hydrogen) atoms. The Labute approximate surface area is 260 Å². The van der Waals surface area contributed by atoms with Crippen LogP contribution in [-0.4, -0.2) is 52.9 Å². The second-order valence-corrected chi connectivity index (χ2v) is 13.3. The summed E-state index contributed by atoms with van der Waals surface area (Å²) in [4.78, 5) is 29.0. The molecule has 1 aromatic heterocycles. The number of ether oxygens (including phenoxy) is 2. The summed E-state index contributed by atoms with van der Waals surface area (Å²) in [5.41, 5.74) is 3.97. The van der Waals surface area contributed by atoms with Gasteiger partial charge in [0.05, 0.1) is 19.8 Å². The molecule has 2 bridgehead atoms. The van der Waals surface area contributed by atoms with Crippen LogP contribution in [0.15, 0.2) is 84.6 Å². The summed E-state index contributed by atoms with van der Waals surface area (Å²) in [5, 5.41) is 11.0. The molecule has 0 amide bonds. The average molecular weight is 597 g/mol. The zero-order valence-corrected chi connectivity index (χ0v) is 26.2. The van der Waals surface area contributed by atoms with Gasteiger partial charge in [-0.25, -0.2) is 9.59 Å². The van der Waals surface area contributed by atoms with E-state index in [2.05, 4.69) is 72.7 Å². The van der Waals surface area contributed by atoms with E-state index in [0.29, 0.717) is 18.9 Å². The largest absolute Gasteiger partial charge is 0.466 e. The zero-order valence-electron chi connectivity index (χ0n) is 26.2. The third-order valence-corrected chi connectivity index (χ3v) is 10.4. The van der Waals surface area contributed by atoms with Crippen molar-refractivity contribution in [2.75, 3.05) is 20.3 Å². The summed E-state index contributed by atoms with van der Waals surface area (Å²) in [6, 6.07) is 20.3. The number of carbonyl (C=O) groups is 2. The average Bonchev–Trinajstić information content (AvgIpc) is 3.41. The van der Waals surface area contributed by atoms with Crippen LogP contribution in [0.4, 0.5) is 0 Å². The molecule has 2 aromatic carbocycles. The molecule has 3 aromatic rings. The first-order chi connectivity index (χ1) is 21.2. The maximum absolute atomic E-state index is 14.7. The number of aromatic nitrogens is 1. The number of methoxy groups -OCH3 is 1. The highest BCUT2D eigenvalue weighted by atomic mass is 16.5. The molecule has 0 saturated heterocycles. The van der Waals surface area contributed by atoms with Crippen LogP contribution < -0.4 is 0 Å². The molecule has 1 saturated carbocycles. The first kappa shape index (κ1) is 30.2. The van der Waals surface area contributed by atoms with Crippen LogP contribution in [-0.2, 0) is 24.5 Å². The molecule has 6 rings (SSSR count). The van der Waals surface area contributed by atoms with Crippen LogP contribution in [0, 0.1) is 17.8 Å². The fourth-order valence-corrected chi connectivity index (χ4v) is 8.02. The predicted molar refractivity (Wildman–Crippen MR) is 171 cm³/mol. The number of hydrogen-bond donors (Lipinski definition) is 1. The van der Waals surface area contributed by atoms with E-state index in [1.54, 1.807) is 6.08 Å². The SMILES string of the molecule is COC(=O)/C=C/C1=CN(CCO)[C@@H]2C[C@H]1[C@@H](C(=O)O[C@@H]1C[C@H](C)CC[C@H]1C(C)(C)c1ccccc1)n1c2cc2ccccc21. The van der Waals surface area contributed by atoms with Crippen molar-refractivity contribution in [3.05, 3.63) is 95.8 Å². The van der Waals surface area contributed by atoms with Gasteiger partial charge in [0, 0.05) is 41.9 Å². The fraction of sp³-hybridized carbons (Fsp3) is 0.459. The van der Waals surface area contributed by atoms with Crippen LogP contribution in [0.5, 0.6) is 0 Å². The van der Waals surface area contributed by atoms with E-state index in [0.717, 1.165) is 41.4 Å². The number of fused-ring (bicyclic) bond motifs is 6. The summed E-state index contributed by atoms with van der Waals surface area (Å²) >= 11 is 0. The Morgan fingerprint density at radius 2 is 1.80 bits per heavy atom. The normalized spacial score (nSPS) is 26.8. The van der Waals surface area contributed by atoms with Crippen molar-refractivity contribution in [1.82, 2.24) is 9.47 Å². The van der Waals surface area contributed by atoms with Crippen molar-refractivity contribution in [2.45, 2.75) is 70.1 Å². The summed E-state index contributed by atoms with van der Waals surface area (Å²) in [6.07, 6.45) is 8.58. The molecule has 0 radical (unpaired) electrons. The smallest absolute Gasteiger partial charge is 0.330 e. The lowest BCUT2D eigenvalue weighted by Gasteiger charge is -2.47. The molecule has 6 atom stereocenters. The molecule has 3 aliphatic rings. The van der Waals surface area contributed by atoms with Crippen molar-refractivity contribution in [1.29, 1.82) is 0 Å². The summed E-state index contributed by atoms with van der Waals surface area (Å²) in [7, 11) is 1.35. The molecule has 232 valence electrons. The Morgan fingerprint density at radius 3 is 2.55 bits per heavy atom. The number of hydrogen-bond acceptors (Lipinski definition) is 6. The zero-order chi connectivity index (χ0) is 31.0. The van der Waals surface area contributed by atoms with Crippen molar-refractivity contribution in [3.63, 3.8) is 0 Å². The summed E-state index contributed by atoms with van der Waals surface area (Å²) in [5.74, 6) is -0.242. The topological polar surface area (TPSA) is 81.0 Å². The predicted octanol–water partition coefficient (Wildman–Crippen LogP) is 6.49. The Morgan fingerprint density at radius 1 is 1.05 bits per heavy atom. The highest BCUT2D eigenvalue weighted by Gasteiger charge is 2.48. The molecule has 0 unspecified atom stereocenters. The van der Waals surface area contributed by atoms with E-state index in [4.69, 9.17) is 9.47 Å². The summed E-state index contributed by atoms with van der Waals surface area (Å²) < 4.78 is 13.8. The molecule has 7 nitrogen and oxygen atoms in total. The number of carbonyl (C=O) groups excluding carboxylic acids is 2. The highest BCUT2D eigenvalue weighted by Crippen LogP contribution is 2.51. The van der Waals surface area contributed by atoms with Crippen molar-refractivity contribution < 1.29 is 24.2 Å². The number of aliphatic hydroxyl groups excluding tert-OH is 1. The quantitative estimate of drug-likeness (QED) is 0.237. The number of benzene rings is 2. The van der Waals surface area contributed by atoms with Crippen LogP contribution in [0.1, 0.15) is 69.8 Å². The second-order valence-electron chi connectivity index (χ2n) is 13.3. The number of esters is 2. The van der Waals surface area contributed by atoms with Gasteiger partial charge in [-0.2, -0.15) is 0 Å². The molecular formula is C37H44N2O5.